The van der Waals surface area contributed by atoms with Crippen molar-refractivity contribution in [2.75, 3.05) is 13.2 Å². The van der Waals surface area contributed by atoms with E-state index in [1.807, 2.05) is 37.3 Å². The molecule has 0 heterocycles. The normalized spacial score (nSPS) is 10.7. The maximum Gasteiger partial charge on any atom is 0.343 e. The molecule has 41 heavy (non-hydrogen) atoms. The van der Waals surface area contributed by atoms with Gasteiger partial charge in [0.2, 0.25) is 0 Å². The highest BCUT2D eigenvalue weighted by Crippen LogP contribution is 2.24. The molecule has 0 spiro atoms. The molecule has 0 fully saturated rings. The Morgan fingerprint density at radius 3 is 2.20 bits per heavy atom. The largest absolute Gasteiger partial charge is 0.494 e. The van der Waals surface area contributed by atoms with Gasteiger partial charge in [0.25, 0.3) is 5.91 Å². The summed E-state index contributed by atoms with van der Waals surface area (Å²) in [4.78, 5) is 24.9. The molecule has 0 radical (unpaired) electrons. The molecule has 8 nitrogen and oxygen atoms in total. The number of hydrogen-bond donors (Lipinski definition) is 1. The van der Waals surface area contributed by atoms with E-state index in [1.54, 1.807) is 66.7 Å². The smallest absolute Gasteiger partial charge is 0.343 e. The number of nitrogens with zero attached hydrogens (tertiary/aromatic N) is 1. The number of esters is 1. The number of hydrogen-bond acceptors (Lipinski definition) is 7. The van der Waals surface area contributed by atoms with Crippen LogP contribution < -0.4 is 24.4 Å². The molecule has 0 bridgehead atoms. The zero-order chi connectivity index (χ0) is 28.9. The highest BCUT2D eigenvalue weighted by atomic mass is 79.9. The molecule has 0 aromatic heterocycles. The maximum atomic E-state index is 12.7. The van der Waals surface area contributed by atoms with Crippen molar-refractivity contribution in [3.63, 3.8) is 0 Å². The van der Waals surface area contributed by atoms with Gasteiger partial charge in [0.1, 0.15) is 29.6 Å². The van der Waals surface area contributed by atoms with E-state index in [0.717, 1.165) is 16.5 Å². The van der Waals surface area contributed by atoms with Crippen molar-refractivity contribution in [2.45, 2.75) is 20.0 Å². The molecule has 0 saturated carbocycles. The van der Waals surface area contributed by atoms with E-state index in [4.69, 9.17) is 18.9 Å². The lowest BCUT2D eigenvalue weighted by atomic mass is 10.2. The zero-order valence-corrected chi connectivity index (χ0v) is 24.0. The van der Waals surface area contributed by atoms with Crippen LogP contribution in [0.4, 0.5) is 0 Å². The molecule has 0 unspecified atom stereocenters. The first-order chi connectivity index (χ1) is 20.0. The van der Waals surface area contributed by atoms with Gasteiger partial charge in [0, 0.05) is 10.0 Å². The predicted octanol–water partition coefficient (Wildman–Crippen LogP) is 6.57. The van der Waals surface area contributed by atoms with Crippen LogP contribution in [0.5, 0.6) is 23.0 Å². The number of halogens is 1. The van der Waals surface area contributed by atoms with Gasteiger partial charge in [-0.1, -0.05) is 53.2 Å². The number of carbonyl (C=O) groups is 2. The van der Waals surface area contributed by atoms with Gasteiger partial charge in [-0.2, -0.15) is 5.10 Å². The van der Waals surface area contributed by atoms with Gasteiger partial charge < -0.3 is 18.9 Å². The van der Waals surface area contributed by atoms with E-state index < -0.39 is 11.9 Å². The number of hydrazone groups is 1. The SMILES string of the molecule is CCCOc1ccc(C(=O)Oc2ccc(Br)cc2/C=N\NC(=O)COc2ccc(OCc3ccccc3)cc2)cc1. The van der Waals surface area contributed by atoms with Crippen LogP contribution in [0.3, 0.4) is 0 Å². The van der Waals surface area contributed by atoms with E-state index in [9.17, 15) is 9.59 Å². The molecule has 4 rings (SSSR count). The van der Waals surface area contributed by atoms with Crippen LogP contribution in [0, 0.1) is 0 Å². The number of carbonyl (C=O) groups excluding carboxylic acids is 2. The van der Waals surface area contributed by atoms with E-state index in [-0.39, 0.29) is 12.4 Å². The lowest BCUT2D eigenvalue weighted by molar-refractivity contribution is -0.123. The van der Waals surface area contributed by atoms with Crippen molar-refractivity contribution in [3.8, 4) is 23.0 Å². The molecule has 0 aliphatic carbocycles. The lowest BCUT2D eigenvalue weighted by Crippen LogP contribution is -2.24. The molecule has 1 amide bonds. The molecule has 0 aliphatic heterocycles. The van der Waals surface area contributed by atoms with Crippen LogP contribution >= 0.6 is 15.9 Å². The van der Waals surface area contributed by atoms with Gasteiger partial charge in [-0.25, -0.2) is 10.2 Å². The quantitative estimate of drug-likeness (QED) is 0.0790. The minimum absolute atomic E-state index is 0.236. The summed E-state index contributed by atoms with van der Waals surface area (Å²) < 4.78 is 23.2. The Kier molecular flexibility index (Phi) is 10.9. The predicted molar refractivity (Wildman–Crippen MR) is 160 cm³/mol. The zero-order valence-electron chi connectivity index (χ0n) is 22.4. The second kappa shape index (κ2) is 15.2. The summed E-state index contributed by atoms with van der Waals surface area (Å²) in [5.74, 6) is 1.20. The van der Waals surface area contributed by atoms with Crippen LogP contribution in [0.2, 0.25) is 0 Å². The Morgan fingerprint density at radius 2 is 1.49 bits per heavy atom. The Bertz CT molecular complexity index is 1460. The van der Waals surface area contributed by atoms with Crippen molar-refractivity contribution in [1.29, 1.82) is 0 Å². The summed E-state index contributed by atoms with van der Waals surface area (Å²) in [6.45, 7) is 2.85. The molecule has 0 atom stereocenters. The standard InChI is InChI=1S/C32H29BrN2O6/c1-2-18-38-27-11-8-24(9-12-27)32(37)41-30-17-10-26(33)19-25(30)20-34-35-31(36)22-40-29-15-13-28(14-16-29)39-21-23-6-4-3-5-7-23/h3-17,19-20H,2,18,21-22H2,1H3,(H,35,36)/b34-20-. The fourth-order valence-corrected chi connectivity index (χ4v) is 3.89. The summed E-state index contributed by atoms with van der Waals surface area (Å²) >= 11 is 3.40. The van der Waals surface area contributed by atoms with Crippen molar-refractivity contribution in [2.24, 2.45) is 5.10 Å². The molecule has 4 aromatic carbocycles. The van der Waals surface area contributed by atoms with Gasteiger partial charge in [-0.05, 0) is 78.7 Å². The second-order valence-electron chi connectivity index (χ2n) is 8.77. The third-order valence-corrected chi connectivity index (χ3v) is 6.07. The number of ether oxygens (including phenoxy) is 4. The van der Waals surface area contributed by atoms with Crippen LogP contribution in [0.15, 0.2) is 107 Å². The number of benzene rings is 4. The van der Waals surface area contributed by atoms with Gasteiger partial charge >= 0.3 is 5.97 Å². The Hall–Kier alpha value is -4.63. The first-order valence-corrected chi connectivity index (χ1v) is 13.8. The average Bonchev–Trinajstić information content (AvgIpc) is 3.00. The molecule has 0 aliphatic rings. The first-order valence-electron chi connectivity index (χ1n) is 13.0. The van der Waals surface area contributed by atoms with E-state index in [2.05, 4.69) is 26.5 Å². The molecule has 0 saturated heterocycles. The van der Waals surface area contributed by atoms with Crippen molar-refractivity contribution < 1.29 is 28.5 Å². The van der Waals surface area contributed by atoms with E-state index in [0.29, 0.717) is 41.6 Å². The minimum atomic E-state index is -0.530. The highest BCUT2D eigenvalue weighted by Gasteiger charge is 2.12. The minimum Gasteiger partial charge on any atom is -0.494 e. The third-order valence-electron chi connectivity index (χ3n) is 5.57. The Labute approximate surface area is 247 Å². The van der Waals surface area contributed by atoms with Crippen LogP contribution in [0.25, 0.3) is 0 Å². The molecular weight excluding hydrogens is 588 g/mol. The molecule has 9 heteroatoms. The lowest BCUT2D eigenvalue weighted by Gasteiger charge is -2.09. The molecule has 4 aromatic rings. The van der Waals surface area contributed by atoms with Gasteiger partial charge in [-0.15, -0.1) is 0 Å². The number of amides is 1. The van der Waals surface area contributed by atoms with Gasteiger partial charge in [-0.3, -0.25) is 4.79 Å². The molecule has 1 N–H and O–H groups in total. The molecule has 210 valence electrons. The maximum absolute atomic E-state index is 12.7. The van der Waals surface area contributed by atoms with Crippen LogP contribution in [-0.2, 0) is 11.4 Å². The highest BCUT2D eigenvalue weighted by molar-refractivity contribution is 9.10. The first kappa shape index (κ1) is 29.4. The van der Waals surface area contributed by atoms with Gasteiger partial charge in [0.15, 0.2) is 6.61 Å². The summed E-state index contributed by atoms with van der Waals surface area (Å²) in [6.07, 6.45) is 2.29. The summed E-state index contributed by atoms with van der Waals surface area (Å²) in [6, 6.07) is 28.7. The van der Waals surface area contributed by atoms with Crippen molar-refractivity contribution in [1.82, 2.24) is 5.43 Å². The fraction of sp³-hybridized carbons (Fsp3) is 0.156. The number of rotatable bonds is 13. The summed E-state index contributed by atoms with van der Waals surface area (Å²) in [5.41, 5.74) is 4.35. The van der Waals surface area contributed by atoms with E-state index in [1.165, 1.54) is 6.21 Å². The third kappa shape index (κ3) is 9.51. The van der Waals surface area contributed by atoms with E-state index >= 15 is 0 Å². The average molecular weight is 617 g/mol. The summed E-state index contributed by atoms with van der Waals surface area (Å²) in [7, 11) is 0. The molecular formula is C32H29BrN2O6. The topological polar surface area (TPSA) is 95.5 Å². The number of nitrogens with one attached hydrogen (secondary N) is 1. The van der Waals surface area contributed by atoms with Crippen LogP contribution in [0.1, 0.15) is 34.8 Å². The monoisotopic (exact) mass is 616 g/mol. The van der Waals surface area contributed by atoms with Crippen molar-refractivity contribution >= 4 is 34.0 Å². The second-order valence-corrected chi connectivity index (χ2v) is 9.69. The fourth-order valence-electron chi connectivity index (χ4n) is 3.51. The van der Waals surface area contributed by atoms with Crippen molar-refractivity contribution in [3.05, 3.63) is 118 Å². The van der Waals surface area contributed by atoms with Crippen LogP contribution in [-0.4, -0.2) is 31.3 Å². The summed E-state index contributed by atoms with van der Waals surface area (Å²) in [5, 5.41) is 3.99. The Balaban J connectivity index is 1.26. The Morgan fingerprint density at radius 1 is 0.829 bits per heavy atom. The van der Waals surface area contributed by atoms with Gasteiger partial charge in [0.05, 0.1) is 18.4 Å².